The second kappa shape index (κ2) is 3.48. The Balaban J connectivity index is 4.11. The smallest absolute Gasteiger partial charge is 0.0863 e. The lowest BCUT2D eigenvalue weighted by Crippen LogP contribution is -2.23. The number of hydrogen-bond donors (Lipinski definition) is 0. The molecule has 0 aliphatic heterocycles. The van der Waals surface area contributed by atoms with Gasteiger partial charge in [0.05, 0.1) is 9.83 Å². The van der Waals surface area contributed by atoms with Gasteiger partial charge in [-0.1, -0.05) is 31.6 Å². The Morgan fingerprint density at radius 3 is 1.45 bits per heavy atom. The molecule has 1 nitrogen and oxygen atoms in total. The van der Waals surface area contributed by atoms with Crippen LogP contribution >= 0.6 is 10.8 Å². The summed E-state index contributed by atoms with van der Waals surface area (Å²) in [5.74, 6) is 0. The lowest BCUT2D eigenvalue weighted by atomic mass is 10.3. The van der Waals surface area contributed by atoms with Gasteiger partial charge >= 0.3 is 0 Å². The molecule has 0 aromatic heterocycles. The molecule has 0 spiro atoms. The molecule has 0 aliphatic carbocycles. The lowest BCUT2D eigenvalue weighted by molar-refractivity contribution is 0.660. The number of rotatable bonds is 1. The van der Waals surface area contributed by atoms with Crippen LogP contribution < -0.4 is 0 Å². The van der Waals surface area contributed by atoms with Gasteiger partial charge in [-0.15, -0.1) is 0 Å². The molecule has 0 aliphatic rings. The highest BCUT2D eigenvalue weighted by molar-refractivity contribution is 8.70. The predicted octanol–water partition coefficient (Wildman–Crippen LogP) is 2.98. The molecular weight excluding hydrogens is 176 g/mol. The maximum atomic E-state index is 11.6. The van der Waals surface area contributed by atoms with Crippen LogP contribution in [0.2, 0.25) is 0 Å². The molecule has 0 N–H and O–H groups in total. The van der Waals surface area contributed by atoms with Gasteiger partial charge in [0.15, 0.2) is 0 Å². The minimum absolute atomic E-state index is 0.0954. The van der Waals surface area contributed by atoms with Crippen LogP contribution in [-0.2, 0) is 9.83 Å². The van der Waals surface area contributed by atoms with Gasteiger partial charge < -0.3 is 0 Å². The van der Waals surface area contributed by atoms with Crippen LogP contribution in [0.4, 0.5) is 0 Å². The van der Waals surface area contributed by atoms with Gasteiger partial charge in [-0.25, -0.2) is 4.21 Å². The van der Waals surface area contributed by atoms with Gasteiger partial charge in [0.1, 0.15) is 0 Å². The average Bonchev–Trinajstić information content (AvgIpc) is 1.56. The summed E-state index contributed by atoms with van der Waals surface area (Å²) in [7, 11) is 0.746. The van der Waals surface area contributed by atoms with E-state index < -0.39 is 9.83 Å². The molecule has 0 rings (SSSR count). The quantitative estimate of drug-likeness (QED) is 0.597. The third-order valence-corrected chi connectivity index (χ3v) is 5.93. The summed E-state index contributed by atoms with van der Waals surface area (Å²) in [6, 6.07) is 0. The summed E-state index contributed by atoms with van der Waals surface area (Å²) >= 11 is 0. The molecule has 1 atom stereocenters. The van der Waals surface area contributed by atoms with Gasteiger partial charge in [0, 0.05) is 9.49 Å². The summed E-state index contributed by atoms with van der Waals surface area (Å²) in [5, 5.41) is 0. The summed E-state index contributed by atoms with van der Waals surface area (Å²) in [6.45, 7) is 12.3. The third-order valence-electron chi connectivity index (χ3n) is 0.826. The van der Waals surface area contributed by atoms with E-state index in [1.54, 1.807) is 0 Å². The van der Waals surface area contributed by atoms with E-state index >= 15 is 0 Å². The van der Waals surface area contributed by atoms with Gasteiger partial charge in [0.25, 0.3) is 0 Å². The van der Waals surface area contributed by atoms with Crippen LogP contribution in [0, 0.1) is 0 Å². The zero-order chi connectivity index (χ0) is 9.28. The summed E-state index contributed by atoms with van der Waals surface area (Å²) < 4.78 is 11.6. The molecule has 68 valence electrons. The highest BCUT2D eigenvalue weighted by Gasteiger charge is 2.25. The lowest BCUT2D eigenvalue weighted by Gasteiger charge is -2.23. The van der Waals surface area contributed by atoms with E-state index in [-0.39, 0.29) is 9.49 Å². The highest BCUT2D eigenvalue weighted by Crippen LogP contribution is 2.32. The SMILES string of the molecule is CC(C)(C)S[S@@](=O)C(C)(C)C. The highest BCUT2D eigenvalue weighted by atomic mass is 33.1. The Morgan fingerprint density at radius 2 is 1.36 bits per heavy atom. The van der Waals surface area contributed by atoms with Crippen molar-refractivity contribution in [3.8, 4) is 0 Å². The molecule has 0 aromatic carbocycles. The molecule has 0 fully saturated rings. The van der Waals surface area contributed by atoms with Crippen LogP contribution in [0.3, 0.4) is 0 Å². The summed E-state index contributed by atoms with van der Waals surface area (Å²) in [6.07, 6.45) is 0. The van der Waals surface area contributed by atoms with Crippen LogP contribution in [-0.4, -0.2) is 13.7 Å². The maximum Gasteiger partial charge on any atom is 0.0863 e. The molecule has 3 heteroatoms. The van der Waals surface area contributed by atoms with Crippen molar-refractivity contribution in [3.05, 3.63) is 0 Å². The van der Waals surface area contributed by atoms with E-state index in [1.165, 1.54) is 10.8 Å². The fourth-order valence-corrected chi connectivity index (χ4v) is 3.17. The van der Waals surface area contributed by atoms with Crippen molar-refractivity contribution in [2.45, 2.75) is 51.0 Å². The van der Waals surface area contributed by atoms with E-state index in [9.17, 15) is 4.21 Å². The van der Waals surface area contributed by atoms with Gasteiger partial charge in [-0.2, -0.15) is 0 Å². The summed E-state index contributed by atoms with van der Waals surface area (Å²) in [5.41, 5.74) is 0. The van der Waals surface area contributed by atoms with E-state index in [4.69, 9.17) is 0 Å². The summed E-state index contributed by atoms with van der Waals surface area (Å²) in [4.78, 5) is 0. The molecule has 0 saturated heterocycles. The number of hydrogen-bond acceptors (Lipinski definition) is 2. The molecule has 11 heavy (non-hydrogen) atoms. The zero-order valence-corrected chi connectivity index (χ0v) is 9.86. The Labute approximate surface area is 76.2 Å². The van der Waals surface area contributed by atoms with Gasteiger partial charge in [-0.3, -0.25) is 0 Å². The Bertz CT molecular complexity index is 150. The molecule has 0 radical (unpaired) electrons. The Kier molecular flexibility index (Phi) is 3.64. The predicted molar refractivity (Wildman–Crippen MR) is 55.2 cm³/mol. The molecule has 0 amide bonds. The van der Waals surface area contributed by atoms with Crippen molar-refractivity contribution in [2.24, 2.45) is 0 Å². The first kappa shape index (κ1) is 11.5. The fourth-order valence-electron chi connectivity index (χ4n) is 0.352. The van der Waals surface area contributed by atoms with Crippen molar-refractivity contribution in [3.63, 3.8) is 0 Å². The van der Waals surface area contributed by atoms with E-state index in [2.05, 4.69) is 20.8 Å². The van der Waals surface area contributed by atoms with Gasteiger partial charge in [0.2, 0.25) is 0 Å². The normalized spacial score (nSPS) is 16.5. The fraction of sp³-hybridized carbons (Fsp3) is 1.00. The standard InChI is InChI=1S/C8H18OS2/c1-7(2,3)10-11(9)8(4,5)6/h1-6H3/t11-/m1/s1. The monoisotopic (exact) mass is 194 g/mol. The van der Waals surface area contributed by atoms with Crippen LogP contribution in [0.25, 0.3) is 0 Å². The molecule has 0 unspecified atom stereocenters. The Morgan fingerprint density at radius 1 is 1.00 bits per heavy atom. The first-order chi connectivity index (χ1) is 4.63. The van der Waals surface area contributed by atoms with Crippen molar-refractivity contribution >= 4 is 20.6 Å². The second-order valence-corrected chi connectivity index (χ2v) is 9.04. The first-order valence-electron chi connectivity index (χ1n) is 3.74. The van der Waals surface area contributed by atoms with E-state index in [1.807, 2.05) is 20.8 Å². The Hall–Kier alpha value is 0.500. The largest absolute Gasteiger partial charge is 0.247 e. The first-order valence-corrected chi connectivity index (χ1v) is 6.22. The van der Waals surface area contributed by atoms with Crippen molar-refractivity contribution in [1.82, 2.24) is 0 Å². The van der Waals surface area contributed by atoms with Crippen LogP contribution in [0.15, 0.2) is 0 Å². The van der Waals surface area contributed by atoms with Gasteiger partial charge in [-0.05, 0) is 20.8 Å². The van der Waals surface area contributed by atoms with E-state index in [0.29, 0.717) is 0 Å². The van der Waals surface area contributed by atoms with E-state index in [0.717, 1.165) is 0 Å². The maximum absolute atomic E-state index is 11.6. The molecule has 0 heterocycles. The van der Waals surface area contributed by atoms with Crippen LogP contribution in [0.1, 0.15) is 41.5 Å². The second-order valence-electron chi connectivity index (χ2n) is 4.54. The van der Waals surface area contributed by atoms with Crippen LogP contribution in [0.5, 0.6) is 0 Å². The minimum Gasteiger partial charge on any atom is -0.247 e. The third kappa shape index (κ3) is 5.74. The molecular formula is C8H18OS2. The molecule has 0 aromatic rings. The van der Waals surface area contributed by atoms with Crippen molar-refractivity contribution in [1.29, 1.82) is 0 Å². The molecule has 0 saturated carbocycles. The van der Waals surface area contributed by atoms with Crippen molar-refractivity contribution in [2.75, 3.05) is 0 Å². The zero-order valence-electron chi connectivity index (χ0n) is 8.22. The van der Waals surface area contributed by atoms with Crippen molar-refractivity contribution < 1.29 is 4.21 Å². The topological polar surface area (TPSA) is 17.1 Å². The molecule has 0 bridgehead atoms. The average molecular weight is 194 g/mol. The minimum atomic E-state index is -0.790.